The van der Waals surface area contributed by atoms with E-state index in [4.69, 9.17) is 18.9 Å². The highest BCUT2D eigenvalue weighted by molar-refractivity contribution is 8.76. The molecular weight excluding hydrogens is 1130 g/mol. The number of nitrogens with zero attached hydrogens (tertiary/aromatic N) is 2. The van der Waals surface area contributed by atoms with Crippen molar-refractivity contribution >= 4 is 45.5 Å². The molecule has 498 valence electrons. The first-order valence-electron chi connectivity index (χ1n) is 36.1. The van der Waals surface area contributed by atoms with Gasteiger partial charge >= 0.3 is 23.9 Å². The molecule has 0 N–H and O–H groups in total. The highest BCUT2D eigenvalue weighted by Gasteiger charge is 2.21. The first kappa shape index (κ1) is 76.9. The Bertz CT molecular complexity index is 1940. The van der Waals surface area contributed by atoms with Crippen LogP contribution < -0.4 is 0 Å². The fraction of sp³-hybridized carbons (Fsp3) is 0.737. The first-order chi connectivity index (χ1) is 43.3. The normalized spacial score (nSPS) is 14.5. The molecule has 0 aromatic heterocycles. The maximum Gasteiger partial charge on any atom is 0.310 e. The van der Waals surface area contributed by atoms with Crippen molar-refractivity contribution in [3.63, 3.8) is 0 Å². The van der Waals surface area contributed by atoms with E-state index in [0.29, 0.717) is 37.9 Å². The fourth-order valence-corrected chi connectivity index (χ4v) is 14.0. The van der Waals surface area contributed by atoms with Crippen LogP contribution in [0, 0.1) is 11.8 Å². The number of esters is 4. The molecule has 0 saturated carbocycles. The molecule has 2 heterocycles. The molecule has 4 rings (SSSR count). The van der Waals surface area contributed by atoms with Gasteiger partial charge in [0.1, 0.15) is 13.2 Å². The lowest BCUT2D eigenvalue weighted by molar-refractivity contribution is -0.146. The molecule has 2 fully saturated rings. The van der Waals surface area contributed by atoms with Crippen molar-refractivity contribution in [2.45, 2.75) is 284 Å². The van der Waals surface area contributed by atoms with Crippen LogP contribution in [0.1, 0.15) is 280 Å². The number of hydrogen-bond acceptors (Lipinski definition) is 12. The van der Waals surface area contributed by atoms with Crippen LogP contribution in [0.3, 0.4) is 0 Å². The topological polar surface area (TPSA) is 112 Å². The minimum atomic E-state index is -0.185. The number of carbonyl (C=O) groups is 4. The van der Waals surface area contributed by atoms with Crippen LogP contribution >= 0.6 is 21.6 Å². The SMILES string of the molecule is CCCCCCCC/C=C\CCCCCCCCCC(=O)OCc1ccc(CC(=O)OCCC2CCN(CCSSCCN3CCC(CCOC(=O)Cc4ccc(COC(=O)CCCCCCCCC/C=C\CCCCCCCC)cc4)CC3)CC2)cc1. The van der Waals surface area contributed by atoms with Gasteiger partial charge in [0.05, 0.1) is 26.1 Å². The van der Waals surface area contributed by atoms with Gasteiger partial charge in [-0.3, -0.25) is 19.2 Å². The lowest BCUT2D eigenvalue weighted by atomic mass is 9.94. The monoisotopic (exact) mass is 1260 g/mol. The Labute approximate surface area is 545 Å². The van der Waals surface area contributed by atoms with E-state index in [2.05, 4.69) is 48.0 Å². The summed E-state index contributed by atoms with van der Waals surface area (Å²) in [4.78, 5) is 55.2. The molecular formula is C76H124N2O8S2. The van der Waals surface area contributed by atoms with Crippen molar-refractivity contribution in [2.24, 2.45) is 11.8 Å². The lowest BCUT2D eigenvalue weighted by Gasteiger charge is -2.32. The quantitative estimate of drug-likeness (QED) is 0.0207. The molecule has 0 unspecified atom stereocenters. The van der Waals surface area contributed by atoms with Crippen molar-refractivity contribution < 1.29 is 38.1 Å². The summed E-state index contributed by atoms with van der Waals surface area (Å²) in [5.74, 6) is 2.85. The number of benzene rings is 2. The van der Waals surface area contributed by atoms with Gasteiger partial charge in [0.15, 0.2) is 0 Å². The molecule has 12 heteroatoms. The van der Waals surface area contributed by atoms with Crippen LogP contribution in [-0.4, -0.2) is 97.7 Å². The third-order valence-electron chi connectivity index (χ3n) is 17.9. The number of carbonyl (C=O) groups excluding carboxylic acids is 4. The van der Waals surface area contributed by atoms with Crippen molar-refractivity contribution in [3.8, 4) is 0 Å². The Hall–Kier alpha value is -3.58. The maximum absolute atomic E-state index is 12.7. The van der Waals surface area contributed by atoms with Crippen LogP contribution in [0.4, 0.5) is 0 Å². The number of allylic oxidation sites excluding steroid dienone is 4. The molecule has 2 aromatic carbocycles. The summed E-state index contributed by atoms with van der Waals surface area (Å²) < 4.78 is 22.4. The second-order valence-electron chi connectivity index (χ2n) is 25.6. The average molecular weight is 1260 g/mol. The second-order valence-corrected chi connectivity index (χ2v) is 28.3. The average Bonchev–Trinajstić information content (AvgIpc) is 3.68. The number of unbranched alkanes of at least 4 members (excludes halogenated alkanes) is 26. The number of ether oxygens (including phenoxy) is 4. The Morgan fingerprint density at radius 2 is 0.682 bits per heavy atom. The van der Waals surface area contributed by atoms with Gasteiger partial charge in [0.2, 0.25) is 0 Å². The number of hydrogen-bond donors (Lipinski definition) is 0. The van der Waals surface area contributed by atoms with Crippen molar-refractivity contribution in [2.75, 3.05) is 64.0 Å². The zero-order valence-corrected chi connectivity index (χ0v) is 57.5. The van der Waals surface area contributed by atoms with E-state index >= 15 is 0 Å². The van der Waals surface area contributed by atoms with Crippen LogP contribution in [-0.2, 0) is 64.2 Å². The zero-order chi connectivity index (χ0) is 62.4. The van der Waals surface area contributed by atoms with Gasteiger partial charge in [-0.2, -0.15) is 0 Å². The van der Waals surface area contributed by atoms with Crippen molar-refractivity contribution in [1.29, 1.82) is 0 Å². The molecule has 2 aromatic rings. The van der Waals surface area contributed by atoms with Crippen LogP contribution in [0.2, 0.25) is 0 Å². The van der Waals surface area contributed by atoms with Crippen LogP contribution in [0.25, 0.3) is 0 Å². The number of likely N-dealkylation sites (tertiary alicyclic amines) is 2. The third kappa shape index (κ3) is 42.5. The smallest absolute Gasteiger partial charge is 0.310 e. The summed E-state index contributed by atoms with van der Waals surface area (Å²) in [5, 5.41) is 0. The molecule has 0 aliphatic carbocycles. The molecule has 0 amide bonds. The van der Waals surface area contributed by atoms with Gasteiger partial charge in [-0.25, -0.2) is 0 Å². The summed E-state index contributed by atoms with van der Waals surface area (Å²) in [5.41, 5.74) is 3.70. The van der Waals surface area contributed by atoms with E-state index in [-0.39, 0.29) is 49.9 Å². The van der Waals surface area contributed by atoms with Gasteiger partial charge in [-0.15, -0.1) is 0 Å². The molecule has 88 heavy (non-hydrogen) atoms. The van der Waals surface area contributed by atoms with E-state index in [9.17, 15) is 19.2 Å². The molecule has 0 spiro atoms. The molecule has 2 aliphatic rings. The zero-order valence-electron chi connectivity index (χ0n) is 55.8. The summed E-state index contributed by atoms with van der Waals surface area (Å²) in [7, 11) is 3.99. The van der Waals surface area contributed by atoms with Crippen LogP contribution in [0.15, 0.2) is 72.8 Å². The van der Waals surface area contributed by atoms with Gasteiger partial charge in [-0.1, -0.05) is 237 Å². The molecule has 0 bridgehead atoms. The minimum Gasteiger partial charge on any atom is -0.465 e. The van der Waals surface area contributed by atoms with Crippen molar-refractivity contribution in [1.82, 2.24) is 9.80 Å². The molecule has 0 atom stereocenters. The Morgan fingerprint density at radius 3 is 1.01 bits per heavy atom. The third-order valence-corrected chi connectivity index (χ3v) is 20.3. The number of rotatable bonds is 55. The van der Waals surface area contributed by atoms with E-state index in [1.54, 1.807) is 0 Å². The van der Waals surface area contributed by atoms with E-state index in [1.807, 2.05) is 70.1 Å². The lowest BCUT2D eigenvalue weighted by Crippen LogP contribution is -2.36. The maximum atomic E-state index is 12.7. The molecule has 0 radical (unpaired) electrons. The largest absolute Gasteiger partial charge is 0.465 e. The molecule has 2 saturated heterocycles. The minimum absolute atomic E-state index is 0.134. The summed E-state index contributed by atoms with van der Waals surface area (Å²) in [6, 6.07) is 15.5. The fourth-order valence-electron chi connectivity index (χ4n) is 11.9. The Balaban J connectivity index is 0.868. The van der Waals surface area contributed by atoms with E-state index in [0.717, 1.165) is 137 Å². The van der Waals surface area contributed by atoms with Crippen molar-refractivity contribution in [3.05, 3.63) is 95.1 Å². The van der Waals surface area contributed by atoms with Gasteiger partial charge < -0.3 is 28.7 Å². The number of piperidine rings is 2. The van der Waals surface area contributed by atoms with Gasteiger partial charge in [-0.05, 0) is 163 Å². The summed E-state index contributed by atoms with van der Waals surface area (Å²) in [6.07, 6.45) is 55.3. The molecule has 10 nitrogen and oxygen atoms in total. The highest BCUT2D eigenvalue weighted by atomic mass is 33.1. The summed E-state index contributed by atoms with van der Waals surface area (Å²) >= 11 is 0. The first-order valence-corrected chi connectivity index (χ1v) is 38.6. The van der Waals surface area contributed by atoms with Gasteiger partial charge in [0.25, 0.3) is 0 Å². The van der Waals surface area contributed by atoms with Gasteiger partial charge in [0, 0.05) is 37.4 Å². The van der Waals surface area contributed by atoms with E-state index in [1.165, 1.54) is 167 Å². The second kappa shape index (κ2) is 54.0. The predicted octanol–water partition coefficient (Wildman–Crippen LogP) is 19.9. The molecule has 2 aliphatic heterocycles. The highest BCUT2D eigenvalue weighted by Crippen LogP contribution is 2.27. The Kier molecular flexibility index (Phi) is 47.2. The standard InChI is InChI=1S/C76H124N2O8S2/c1-3-5-7-9-11-13-15-17-19-21-23-25-27-29-31-33-35-37-73(79)85-65-71-43-39-69(40-44-71)63-75(81)83-59-51-67-47-53-77(54-48-67)57-61-87-88-62-58-78-55-49-68(50-56-78)52-60-84-76(82)64-70-41-45-72(46-42-70)66-86-74(80)38-36-34-32-30-28-26-24-22-20-18-16-14-12-10-8-6-4-2/h17-20,39-46,67-68H,3-16,21-38,47-66H2,1-2H3/b19-17-,20-18-. The summed E-state index contributed by atoms with van der Waals surface area (Å²) in [6.45, 7) is 12.7. The van der Waals surface area contributed by atoms with E-state index < -0.39 is 0 Å². The Morgan fingerprint density at radius 1 is 0.386 bits per heavy atom. The van der Waals surface area contributed by atoms with Crippen LogP contribution in [0.5, 0.6) is 0 Å². The predicted molar refractivity (Wildman–Crippen MR) is 372 cm³/mol.